The van der Waals surface area contributed by atoms with Crippen LogP contribution in [0.1, 0.15) is 37.7 Å². The highest BCUT2D eigenvalue weighted by Gasteiger charge is 2.51. The predicted octanol–water partition coefficient (Wildman–Crippen LogP) is 2.18. The number of fused-ring (bicyclic) bond motifs is 1. The molecule has 3 N–H and O–H groups in total. The minimum absolute atomic E-state index is 0.177. The van der Waals surface area contributed by atoms with E-state index in [1.165, 1.54) is 0 Å². The Labute approximate surface area is 162 Å². The molecule has 1 aromatic carbocycles. The summed E-state index contributed by atoms with van der Waals surface area (Å²) in [5.41, 5.74) is -0.245. The van der Waals surface area contributed by atoms with Crippen LogP contribution in [0.25, 0.3) is 0 Å². The van der Waals surface area contributed by atoms with Crippen LogP contribution in [0.15, 0.2) is 30.3 Å². The Balaban J connectivity index is 1.80. The molecule has 0 aromatic heterocycles. The summed E-state index contributed by atoms with van der Waals surface area (Å²) in [6.07, 6.45) is -0.857. The number of hydrogen-bond donors (Lipinski definition) is 3. The molecule has 0 unspecified atom stereocenters. The Morgan fingerprint density at radius 2 is 1.93 bits per heavy atom. The third-order valence-electron chi connectivity index (χ3n) is 6.06. The van der Waals surface area contributed by atoms with Gasteiger partial charge < -0.3 is 15.1 Å². The molecule has 1 aliphatic carbocycles. The second kappa shape index (κ2) is 8.39. The first-order valence-corrected chi connectivity index (χ1v) is 9.75. The smallest absolute Gasteiger partial charge is 0.394 e. The van der Waals surface area contributed by atoms with Crippen molar-refractivity contribution >= 4 is 5.91 Å². The Morgan fingerprint density at radius 1 is 1.25 bits per heavy atom. The maximum atomic E-state index is 12.9. The summed E-state index contributed by atoms with van der Waals surface area (Å²) in [4.78, 5) is 14.5. The molecule has 156 valence electrons. The SMILES string of the molecule is O=C([C@H](CO)NCC(F)(F)F)N1CC[C@](O)(c2ccccc2)[C@H]2CCCC[C@H]21. The van der Waals surface area contributed by atoms with Crippen molar-refractivity contribution in [1.82, 2.24) is 10.2 Å². The third-order valence-corrected chi connectivity index (χ3v) is 6.06. The summed E-state index contributed by atoms with van der Waals surface area (Å²) < 4.78 is 37.5. The number of halogens is 3. The molecule has 0 bridgehead atoms. The van der Waals surface area contributed by atoms with E-state index in [0.29, 0.717) is 12.8 Å². The van der Waals surface area contributed by atoms with Crippen LogP contribution in [-0.4, -0.2) is 59.0 Å². The van der Waals surface area contributed by atoms with Gasteiger partial charge in [-0.25, -0.2) is 0 Å². The topological polar surface area (TPSA) is 72.8 Å². The largest absolute Gasteiger partial charge is 0.401 e. The number of rotatable bonds is 5. The molecule has 1 saturated carbocycles. The van der Waals surface area contributed by atoms with E-state index in [-0.39, 0.29) is 18.5 Å². The van der Waals surface area contributed by atoms with Crippen molar-refractivity contribution in [2.45, 2.75) is 56.0 Å². The van der Waals surface area contributed by atoms with E-state index in [1.807, 2.05) is 30.3 Å². The maximum Gasteiger partial charge on any atom is 0.401 e. The summed E-state index contributed by atoms with van der Waals surface area (Å²) in [6.45, 7) is -1.79. The minimum atomic E-state index is -4.46. The summed E-state index contributed by atoms with van der Waals surface area (Å²) >= 11 is 0. The molecule has 1 saturated heterocycles. The third kappa shape index (κ3) is 4.34. The Kier molecular flexibility index (Phi) is 6.31. The zero-order valence-electron chi connectivity index (χ0n) is 15.7. The second-order valence-electron chi connectivity index (χ2n) is 7.76. The van der Waals surface area contributed by atoms with Gasteiger partial charge in [0.05, 0.1) is 18.8 Å². The van der Waals surface area contributed by atoms with E-state index in [0.717, 1.165) is 24.8 Å². The zero-order chi connectivity index (χ0) is 20.4. The molecule has 4 atom stereocenters. The lowest BCUT2D eigenvalue weighted by atomic mass is 9.66. The van der Waals surface area contributed by atoms with Gasteiger partial charge in [-0.3, -0.25) is 10.1 Å². The highest BCUT2D eigenvalue weighted by Crippen LogP contribution is 2.47. The number of carbonyl (C=O) groups is 1. The second-order valence-corrected chi connectivity index (χ2v) is 7.76. The van der Waals surface area contributed by atoms with Crippen molar-refractivity contribution in [3.05, 3.63) is 35.9 Å². The molecule has 8 heteroatoms. The monoisotopic (exact) mass is 400 g/mol. The van der Waals surface area contributed by atoms with E-state index in [1.54, 1.807) is 4.90 Å². The fourth-order valence-electron chi connectivity index (χ4n) is 4.71. The van der Waals surface area contributed by atoms with Crippen LogP contribution in [0.2, 0.25) is 0 Å². The normalized spacial score (nSPS) is 29.2. The van der Waals surface area contributed by atoms with Gasteiger partial charge in [0.1, 0.15) is 6.04 Å². The van der Waals surface area contributed by atoms with Gasteiger partial charge in [-0.05, 0) is 24.8 Å². The fraction of sp³-hybridized carbons (Fsp3) is 0.650. The number of carbonyl (C=O) groups excluding carboxylic acids is 1. The number of nitrogens with one attached hydrogen (secondary N) is 1. The Hall–Kier alpha value is -1.64. The van der Waals surface area contributed by atoms with Crippen molar-refractivity contribution in [1.29, 1.82) is 0 Å². The highest BCUT2D eigenvalue weighted by atomic mass is 19.4. The van der Waals surface area contributed by atoms with E-state index in [4.69, 9.17) is 0 Å². The van der Waals surface area contributed by atoms with Crippen LogP contribution in [0.4, 0.5) is 13.2 Å². The molecule has 2 aliphatic rings. The van der Waals surface area contributed by atoms with Crippen LogP contribution < -0.4 is 5.32 Å². The fourth-order valence-corrected chi connectivity index (χ4v) is 4.71. The number of aliphatic hydroxyl groups excluding tert-OH is 1. The number of amides is 1. The number of aliphatic hydroxyl groups is 2. The summed E-state index contributed by atoms with van der Waals surface area (Å²) in [5, 5.41) is 23.1. The average molecular weight is 400 g/mol. The molecular formula is C20H27F3N2O3. The molecule has 5 nitrogen and oxygen atoms in total. The summed E-state index contributed by atoms with van der Waals surface area (Å²) in [6, 6.07) is 7.82. The van der Waals surface area contributed by atoms with Crippen molar-refractivity contribution < 1.29 is 28.2 Å². The lowest BCUT2D eigenvalue weighted by Crippen LogP contribution is -2.62. The van der Waals surface area contributed by atoms with Crippen molar-refractivity contribution in [3.63, 3.8) is 0 Å². The first-order valence-electron chi connectivity index (χ1n) is 9.75. The molecule has 1 heterocycles. The summed E-state index contributed by atoms with van der Waals surface area (Å²) in [7, 11) is 0. The molecule has 0 spiro atoms. The number of piperidine rings is 1. The van der Waals surface area contributed by atoms with Gasteiger partial charge in [-0.1, -0.05) is 43.2 Å². The van der Waals surface area contributed by atoms with E-state index in [9.17, 15) is 28.2 Å². The van der Waals surface area contributed by atoms with Crippen LogP contribution in [0.5, 0.6) is 0 Å². The number of hydrogen-bond acceptors (Lipinski definition) is 4. The standard InChI is InChI=1S/C20H27F3N2O3/c21-20(22,23)13-24-16(12-26)18(27)25-11-10-19(28,14-6-2-1-3-7-14)15-8-4-5-9-17(15)25/h1-3,6-7,15-17,24,26,28H,4-5,8-13H2/t15-,16-,17+,19-/m0/s1. The molecule has 1 aliphatic heterocycles. The van der Waals surface area contributed by atoms with Gasteiger partial charge in [0.25, 0.3) is 0 Å². The van der Waals surface area contributed by atoms with E-state index in [2.05, 4.69) is 5.32 Å². The number of likely N-dealkylation sites (tertiary alicyclic amines) is 1. The molecule has 28 heavy (non-hydrogen) atoms. The van der Waals surface area contributed by atoms with Crippen molar-refractivity contribution in [3.8, 4) is 0 Å². The predicted molar refractivity (Wildman–Crippen MR) is 97.3 cm³/mol. The highest BCUT2D eigenvalue weighted by molar-refractivity contribution is 5.82. The Bertz CT molecular complexity index is 670. The number of nitrogens with zero attached hydrogens (tertiary/aromatic N) is 1. The van der Waals surface area contributed by atoms with Gasteiger partial charge >= 0.3 is 6.18 Å². The first-order chi connectivity index (χ1) is 13.3. The summed E-state index contributed by atoms with van der Waals surface area (Å²) in [5.74, 6) is -0.706. The van der Waals surface area contributed by atoms with Gasteiger partial charge in [0, 0.05) is 18.5 Å². The molecule has 3 rings (SSSR count). The van der Waals surface area contributed by atoms with Crippen molar-refractivity contribution in [2.75, 3.05) is 19.7 Å². The van der Waals surface area contributed by atoms with Crippen LogP contribution >= 0.6 is 0 Å². The van der Waals surface area contributed by atoms with Gasteiger partial charge in [-0.15, -0.1) is 0 Å². The lowest BCUT2D eigenvalue weighted by Gasteiger charge is -2.53. The van der Waals surface area contributed by atoms with Crippen LogP contribution in [0, 0.1) is 5.92 Å². The molecule has 2 fully saturated rings. The molecule has 1 aromatic rings. The van der Waals surface area contributed by atoms with Gasteiger partial charge in [0.15, 0.2) is 0 Å². The Morgan fingerprint density at radius 3 is 2.57 bits per heavy atom. The molecular weight excluding hydrogens is 373 g/mol. The minimum Gasteiger partial charge on any atom is -0.394 e. The zero-order valence-corrected chi connectivity index (χ0v) is 15.7. The van der Waals surface area contributed by atoms with E-state index >= 15 is 0 Å². The van der Waals surface area contributed by atoms with Crippen LogP contribution in [-0.2, 0) is 10.4 Å². The maximum absolute atomic E-state index is 12.9. The van der Waals surface area contributed by atoms with Gasteiger partial charge in [-0.2, -0.15) is 13.2 Å². The molecule has 0 radical (unpaired) electrons. The lowest BCUT2D eigenvalue weighted by molar-refractivity contribution is -0.159. The first kappa shape index (κ1) is 21.1. The molecule has 1 amide bonds. The van der Waals surface area contributed by atoms with E-state index < -0.39 is 36.9 Å². The number of benzene rings is 1. The average Bonchev–Trinajstić information content (AvgIpc) is 2.68. The van der Waals surface area contributed by atoms with Crippen LogP contribution in [0.3, 0.4) is 0 Å². The van der Waals surface area contributed by atoms with Crippen molar-refractivity contribution in [2.24, 2.45) is 5.92 Å². The van der Waals surface area contributed by atoms with Gasteiger partial charge in [0.2, 0.25) is 5.91 Å². The number of alkyl halides is 3. The quantitative estimate of drug-likeness (QED) is 0.709.